The number of nitrogens with zero attached hydrogens (tertiary/aromatic N) is 1. The summed E-state index contributed by atoms with van der Waals surface area (Å²) in [6.07, 6.45) is 1.85. The molecule has 0 saturated carbocycles. The van der Waals surface area contributed by atoms with Gasteiger partial charge < -0.3 is 10.4 Å². The van der Waals surface area contributed by atoms with Gasteiger partial charge in [-0.3, -0.25) is 4.90 Å². The molecule has 0 spiro atoms. The van der Waals surface area contributed by atoms with Crippen LogP contribution in [0.3, 0.4) is 0 Å². The maximum atomic E-state index is 10.2. The lowest BCUT2D eigenvalue weighted by Gasteiger charge is -2.33. The van der Waals surface area contributed by atoms with Gasteiger partial charge in [-0.1, -0.05) is 17.7 Å². The van der Waals surface area contributed by atoms with Crippen molar-refractivity contribution in [2.24, 2.45) is 0 Å². The van der Waals surface area contributed by atoms with E-state index in [1.54, 1.807) is 12.1 Å². The van der Waals surface area contributed by atoms with E-state index in [9.17, 15) is 5.11 Å². The summed E-state index contributed by atoms with van der Waals surface area (Å²) in [4.78, 5) is 2.28. The largest absolute Gasteiger partial charge is 0.506 e. The van der Waals surface area contributed by atoms with Crippen LogP contribution in [-0.4, -0.2) is 36.2 Å². The van der Waals surface area contributed by atoms with E-state index in [2.05, 4.69) is 32.7 Å². The molecule has 1 aliphatic rings. The van der Waals surface area contributed by atoms with E-state index in [0.717, 1.165) is 31.7 Å². The molecular weight excluding hydrogens is 386 g/mol. The zero-order chi connectivity index (χ0) is 13.1. The van der Waals surface area contributed by atoms with Crippen molar-refractivity contribution in [3.63, 3.8) is 0 Å². The third kappa shape index (κ3) is 4.52. The van der Waals surface area contributed by atoms with Crippen molar-refractivity contribution >= 4 is 52.3 Å². The number of hydrogen-bond acceptors (Lipinski definition) is 3. The van der Waals surface area contributed by atoms with Gasteiger partial charge in [0.05, 0.1) is 10.5 Å². The van der Waals surface area contributed by atoms with Crippen molar-refractivity contribution in [1.82, 2.24) is 10.2 Å². The number of phenolic OH excluding ortho intramolecular Hbond substituents is 1. The van der Waals surface area contributed by atoms with Crippen LogP contribution in [0.1, 0.15) is 11.6 Å². The number of hydrogen-bond donors (Lipinski definition) is 2. The van der Waals surface area contributed by atoms with Crippen LogP contribution in [0.25, 0.3) is 0 Å². The minimum absolute atomic E-state index is 0. The third-order valence-corrected chi connectivity index (χ3v) is 3.97. The SMILES string of the molecule is C=C[C@H](c1cc(Cl)cc(Br)c1O)N1CCNCC1.Cl.Cl. The molecule has 1 fully saturated rings. The molecule has 2 rings (SSSR count). The van der Waals surface area contributed by atoms with Crippen LogP contribution in [0.5, 0.6) is 5.75 Å². The van der Waals surface area contributed by atoms with Gasteiger partial charge in [0.1, 0.15) is 5.75 Å². The second-order valence-corrected chi connectivity index (χ2v) is 5.58. The molecule has 114 valence electrons. The van der Waals surface area contributed by atoms with E-state index in [-0.39, 0.29) is 36.6 Å². The van der Waals surface area contributed by atoms with Gasteiger partial charge in [0, 0.05) is 36.8 Å². The Balaban J connectivity index is 0.00000180. The minimum Gasteiger partial charge on any atom is -0.506 e. The Bertz CT molecular complexity index is 453. The van der Waals surface area contributed by atoms with E-state index in [1.165, 1.54) is 0 Å². The van der Waals surface area contributed by atoms with Crippen molar-refractivity contribution in [3.8, 4) is 5.75 Å². The quantitative estimate of drug-likeness (QED) is 0.753. The number of piperazine rings is 1. The first kappa shape index (κ1) is 20.0. The van der Waals surface area contributed by atoms with Gasteiger partial charge in [0.25, 0.3) is 0 Å². The second kappa shape index (κ2) is 9.13. The molecule has 2 N–H and O–H groups in total. The molecule has 1 heterocycles. The molecule has 20 heavy (non-hydrogen) atoms. The summed E-state index contributed by atoms with van der Waals surface area (Å²) in [6, 6.07) is 3.48. The van der Waals surface area contributed by atoms with Crippen LogP contribution in [0.15, 0.2) is 29.3 Å². The number of aromatic hydroxyl groups is 1. The molecule has 1 aromatic rings. The first-order valence-electron chi connectivity index (χ1n) is 5.88. The van der Waals surface area contributed by atoms with Crippen molar-refractivity contribution in [1.29, 1.82) is 0 Å². The van der Waals surface area contributed by atoms with Gasteiger partial charge >= 0.3 is 0 Å². The Morgan fingerprint density at radius 2 is 1.95 bits per heavy atom. The predicted molar refractivity (Wildman–Crippen MR) is 92.7 cm³/mol. The first-order valence-corrected chi connectivity index (χ1v) is 7.06. The Morgan fingerprint density at radius 1 is 1.35 bits per heavy atom. The topological polar surface area (TPSA) is 35.5 Å². The van der Waals surface area contributed by atoms with Crippen LogP contribution in [0.2, 0.25) is 5.02 Å². The van der Waals surface area contributed by atoms with Crippen LogP contribution in [-0.2, 0) is 0 Å². The Hall–Kier alpha value is 0.0300. The van der Waals surface area contributed by atoms with Crippen molar-refractivity contribution in [2.45, 2.75) is 6.04 Å². The third-order valence-electron chi connectivity index (χ3n) is 3.14. The standard InChI is InChI=1S/C13H16BrClN2O.2ClH/c1-2-12(17-5-3-16-4-6-17)10-7-9(15)8-11(14)13(10)18;;/h2,7-8,12,16,18H,1,3-6H2;2*1H/t12-;;/m1../s1. The highest BCUT2D eigenvalue weighted by Crippen LogP contribution is 2.37. The van der Waals surface area contributed by atoms with Crippen LogP contribution in [0.4, 0.5) is 0 Å². The fourth-order valence-corrected chi connectivity index (χ4v) is 3.08. The lowest BCUT2D eigenvalue weighted by molar-refractivity contribution is 0.201. The molecule has 0 unspecified atom stereocenters. The summed E-state index contributed by atoms with van der Waals surface area (Å²) in [7, 11) is 0. The molecule has 1 aromatic carbocycles. The summed E-state index contributed by atoms with van der Waals surface area (Å²) < 4.78 is 0.618. The maximum absolute atomic E-state index is 10.2. The Morgan fingerprint density at radius 3 is 2.50 bits per heavy atom. The number of nitrogens with one attached hydrogen (secondary N) is 1. The van der Waals surface area contributed by atoms with Crippen LogP contribution >= 0.6 is 52.3 Å². The highest BCUT2D eigenvalue weighted by Gasteiger charge is 2.23. The summed E-state index contributed by atoms with van der Waals surface area (Å²) in [5.74, 6) is 0.239. The fourth-order valence-electron chi connectivity index (χ4n) is 2.24. The molecule has 0 amide bonds. The molecule has 7 heteroatoms. The Labute approximate surface area is 145 Å². The summed E-state index contributed by atoms with van der Waals surface area (Å²) in [5.41, 5.74) is 0.797. The predicted octanol–water partition coefficient (Wildman–Crippen LogP) is 3.78. The van der Waals surface area contributed by atoms with E-state index in [0.29, 0.717) is 9.50 Å². The fraction of sp³-hybridized carbons (Fsp3) is 0.385. The smallest absolute Gasteiger partial charge is 0.134 e. The number of rotatable bonds is 3. The summed E-state index contributed by atoms with van der Waals surface area (Å²) >= 11 is 9.37. The van der Waals surface area contributed by atoms with Gasteiger partial charge in [-0.2, -0.15) is 0 Å². The zero-order valence-corrected chi connectivity index (χ0v) is 14.8. The zero-order valence-electron chi connectivity index (χ0n) is 10.8. The highest BCUT2D eigenvalue weighted by molar-refractivity contribution is 9.10. The van der Waals surface area contributed by atoms with E-state index >= 15 is 0 Å². The van der Waals surface area contributed by atoms with Gasteiger partial charge in [0.15, 0.2) is 0 Å². The molecular formula is C13H18BrCl3N2O. The van der Waals surface area contributed by atoms with Gasteiger partial charge in [0.2, 0.25) is 0 Å². The monoisotopic (exact) mass is 402 g/mol. The normalized spacial score (nSPS) is 16.7. The highest BCUT2D eigenvalue weighted by atomic mass is 79.9. The lowest BCUT2D eigenvalue weighted by atomic mass is 10.0. The Kier molecular flexibility index (Phi) is 9.14. The summed E-state index contributed by atoms with van der Waals surface area (Å²) in [5, 5.41) is 14.1. The molecule has 0 bridgehead atoms. The average Bonchev–Trinajstić information content (AvgIpc) is 2.37. The van der Waals surface area contributed by atoms with Crippen LogP contribution in [0, 0.1) is 0 Å². The minimum atomic E-state index is -0.0119. The first-order chi connectivity index (χ1) is 8.63. The second-order valence-electron chi connectivity index (χ2n) is 4.29. The van der Waals surface area contributed by atoms with Crippen molar-refractivity contribution in [3.05, 3.63) is 39.8 Å². The number of halogens is 4. The van der Waals surface area contributed by atoms with Crippen molar-refractivity contribution < 1.29 is 5.11 Å². The van der Waals surface area contributed by atoms with Gasteiger partial charge in [-0.25, -0.2) is 0 Å². The molecule has 0 aromatic heterocycles. The number of phenols is 1. The molecule has 1 atom stereocenters. The summed E-state index contributed by atoms with van der Waals surface area (Å²) in [6.45, 7) is 7.65. The molecule has 1 saturated heterocycles. The molecule has 1 aliphatic heterocycles. The lowest BCUT2D eigenvalue weighted by Crippen LogP contribution is -2.44. The van der Waals surface area contributed by atoms with E-state index in [4.69, 9.17) is 11.6 Å². The van der Waals surface area contributed by atoms with E-state index < -0.39 is 0 Å². The van der Waals surface area contributed by atoms with Gasteiger partial charge in [-0.05, 0) is 28.1 Å². The average molecular weight is 405 g/mol. The number of benzene rings is 1. The molecule has 0 aliphatic carbocycles. The molecule has 0 radical (unpaired) electrons. The van der Waals surface area contributed by atoms with Gasteiger partial charge in [-0.15, -0.1) is 31.4 Å². The van der Waals surface area contributed by atoms with Crippen LogP contribution < -0.4 is 5.32 Å². The molecule has 3 nitrogen and oxygen atoms in total. The van der Waals surface area contributed by atoms with Crippen molar-refractivity contribution in [2.75, 3.05) is 26.2 Å². The maximum Gasteiger partial charge on any atom is 0.134 e. The van der Waals surface area contributed by atoms with E-state index in [1.807, 2.05) is 6.08 Å².